The van der Waals surface area contributed by atoms with Crippen molar-refractivity contribution >= 4 is 0 Å². The summed E-state index contributed by atoms with van der Waals surface area (Å²) in [6.45, 7) is 6.56. The standard InChI is InChI=1S/C15H19N3O2/c1-10-8-18(9-10)11(2)15-16-14(17-20-15)12-4-6-13(19-3)7-5-12/h4-7,10-11H,8-9H2,1-3H3. The van der Waals surface area contributed by atoms with Crippen LogP contribution in [0.4, 0.5) is 0 Å². The second kappa shape index (κ2) is 5.25. The van der Waals surface area contributed by atoms with E-state index in [-0.39, 0.29) is 6.04 Å². The van der Waals surface area contributed by atoms with Gasteiger partial charge in [0.2, 0.25) is 11.7 Å². The van der Waals surface area contributed by atoms with Crippen LogP contribution < -0.4 is 4.74 Å². The number of hydrogen-bond acceptors (Lipinski definition) is 5. The van der Waals surface area contributed by atoms with Crippen molar-refractivity contribution in [3.8, 4) is 17.1 Å². The van der Waals surface area contributed by atoms with E-state index in [1.807, 2.05) is 24.3 Å². The molecule has 1 fully saturated rings. The van der Waals surface area contributed by atoms with Crippen LogP contribution >= 0.6 is 0 Å². The highest BCUT2D eigenvalue weighted by molar-refractivity contribution is 5.55. The molecule has 1 unspecified atom stereocenters. The first-order valence-corrected chi connectivity index (χ1v) is 6.89. The van der Waals surface area contributed by atoms with Gasteiger partial charge in [0, 0.05) is 18.7 Å². The first-order chi connectivity index (χ1) is 9.67. The van der Waals surface area contributed by atoms with Gasteiger partial charge in [-0.3, -0.25) is 4.90 Å². The summed E-state index contributed by atoms with van der Waals surface area (Å²) in [7, 11) is 1.65. The van der Waals surface area contributed by atoms with E-state index >= 15 is 0 Å². The molecule has 1 aromatic heterocycles. The van der Waals surface area contributed by atoms with E-state index in [1.54, 1.807) is 7.11 Å². The van der Waals surface area contributed by atoms with Crippen LogP contribution in [0.15, 0.2) is 28.8 Å². The van der Waals surface area contributed by atoms with E-state index in [9.17, 15) is 0 Å². The molecule has 1 aliphatic rings. The number of hydrogen-bond donors (Lipinski definition) is 0. The van der Waals surface area contributed by atoms with Crippen LogP contribution in [0.25, 0.3) is 11.4 Å². The molecule has 0 aliphatic carbocycles. The third-order valence-electron chi connectivity index (χ3n) is 3.79. The summed E-state index contributed by atoms with van der Waals surface area (Å²) in [5.41, 5.74) is 0.935. The monoisotopic (exact) mass is 273 g/mol. The minimum Gasteiger partial charge on any atom is -0.497 e. The molecule has 1 aliphatic heterocycles. The average molecular weight is 273 g/mol. The third-order valence-corrected chi connectivity index (χ3v) is 3.79. The Bertz CT molecular complexity index is 573. The molecule has 5 nitrogen and oxygen atoms in total. The highest BCUT2D eigenvalue weighted by atomic mass is 16.5. The summed E-state index contributed by atoms with van der Waals surface area (Å²) in [5.74, 6) is 2.90. The van der Waals surface area contributed by atoms with Gasteiger partial charge in [-0.25, -0.2) is 0 Å². The minimum atomic E-state index is 0.186. The highest BCUT2D eigenvalue weighted by Gasteiger charge is 2.30. The number of rotatable bonds is 4. The van der Waals surface area contributed by atoms with Crippen molar-refractivity contribution in [2.45, 2.75) is 19.9 Å². The summed E-state index contributed by atoms with van der Waals surface area (Å²) >= 11 is 0. The molecule has 0 bridgehead atoms. The molecule has 0 saturated carbocycles. The molecular formula is C15H19N3O2. The normalized spacial score (nSPS) is 17.8. The first kappa shape index (κ1) is 13.1. The van der Waals surface area contributed by atoms with Gasteiger partial charge in [-0.05, 0) is 37.1 Å². The fourth-order valence-electron chi connectivity index (χ4n) is 2.48. The van der Waals surface area contributed by atoms with Crippen LogP contribution in [0, 0.1) is 5.92 Å². The van der Waals surface area contributed by atoms with Crippen LogP contribution in [0.5, 0.6) is 5.75 Å². The molecule has 5 heteroatoms. The van der Waals surface area contributed by atoms with Crippen molar-refractivity contribution in [1.29, 1.82) is 0 Å². The van der Waals surface area contributed by atoms with Crippen LogP contribution in [-0.4, -0.2) is 35.2 Å². The maximum absolute atomic E-state index is 5.40. The van der Waals surface area contributed by atoms with Crippen molar-refractivity contribution < 1.29 is 9.26 Å². The van der Waals surface area contributed by atoms with Crippen molar-refractivity contribution in [2.24, 2.45) is 5.92 Å². The van der Waals surface area contributed by atoms with Crippen molar-refractivity contribution in [2.75, 3.05) is 20.2 Å². The van der Waals surface area contributed by atoms with Gasteiger partial charge in [-0.2, -0.15) is 4.98 Å². The molecule has 2 heterocycles. The van der Waals surface area contributed by atoms with E-state index < -0.39 is 0 Å². The third kappa shape index (κ3) is 2.41. The molecule has 3 rings (SSSR count). The summed E-state index contributed by atoms with van der Waals surface area (Å²) < 4.78 is 10.5. The second-order valence-electron chi connectivity index (χ2n) is 5.42. The van der Waals surface area contributed by atoms with Gasteiger partial charge < -0.3 is 9.26 Å². The van der Waals surface area contributed by atoms with E-state index in [4.69, 9.17) is 9.26 Å². The maximum atomic E-state index is 5.40. The lowest BCUT2D eigenvalue weighted by atomic mass is 10.0. The van der Waals surface area contributed by atoms with Gasteiger partial charge in [-0.15, -0.1) is 0 Å². The highest BCUT2D eigenvalue weighted by Crippen LogP contribution is 2.28. The number of benzene rings is 1. The van der Waals surface area contributed by atoms with Gasteiger partial charge >= 0.3 is 0 Å². The Balaban J connectivity index is 1.75. The molecule has 1 atom stereocenters. The Morgan fingerprint density at radius 2 is 2.00 bits per heavy atom. The number of aromatic nitrogens is 2. The largest absolute Gasteiger partial charge is 0.497 e. The molecule has 1 aromatic carbocycles. The van der Waals surface area contributed by atoms with Gasteiger partial charge in [0.15, 0.2) is 0 Å². The van der Waals surface area contributed by atoms with E-state index in [1.165, 1.54) is 0 Å². The molecule has 1 saturated heterocycles. The average Bonchev–Trinajstić information content (AvgIpc) is 2.93. The van der Waals surface area contributed by atoms with E-state index in [0.717, 1.165) is 30.3 Å². The summed E-state index contributed by atoms with van der Waals surface area (Å²) in [6, 6.07) is 7.84. The molecule has 0 radical (unpaired) electrons. The summed E-state index contributed by atoms with van der Waals surface area (Å²) in [6.07, 6.45) is 0. The summed E-state index contributed by atoms with van der Waals surface area (Å²) in [5, 5.41) is 4.07. The second-order valence-corrected chi connectivity index (χ2v) is 5.42. The van der Waals surface area contributed by atoms with Crippen LogP contribution in [-0.2, 0) is 0 Å². The number of nitrogens with zero attached hydrogens (tertiary/aromatic N) is 3. The fourth-order valence-corrected chi connectivity index (χ4v) is 2.48. The lowest BCUT2D eigenvalue weighted by Crippen LogP contribution is -2.46. The van der Waals surface area contributed by atoms with E-state index in [2.05, 4.69) is 28.9 Å². The molecule has 106 valence electrons. The predicted octanol–water partition coefficient (Wildman–Crippen LogP) is 2.76. The Morgan fingerprint density at radius 1 is 1.30 bits per heavy atom. The zero-order valence-corrected chi connectivity index (χ0v) is 12.0. The van der Waals surface area contributed by atoms with Crippen molar-refractivity contribution in [1.82, 2.24) is 15.0 Å². The smallest absolute Gasteiger partial charge is 0.244 e. The van der Waals surface area contributed by atoms with Crippen molar-refractivity contribution in [3.05, 3.63) is 30.2 Å². The number of ether oxygens (including phenoxy) is 1. The Kier molecular flexibility index (Phi) is 3.44. The zero-order chi connectivity index (χ0) is 14.1. The SMILES string of the molecule is COc1ccc(-c2noc(C(C)N3CC(C)C3)n2)cc1. The van der Waals surface area contributed by atoms with Gasteiger partial charge in [0.25, 0.3) is 0 Å². The number of methoxy groups -OCH3 is 1. The molecule has 20 heavy (non-hydrogen) atoms. The zero-order valence-electron chi connectivity index (χ0n) is 12.0. The summed E-state index contributed by atoms with van der Waals surface area (Å²) in [4.78, 5) is 6.85. The van der Waals surface area contributed by atoms with Crippen LogP contribution in [0.3, 0.4) is 0 Å². The lowest BCUT2D eigenvalue weighted by Gasteiger charge is -2.39. The minimum absolute atomic E-state index is 0.186. The molecule has 0 spiro atoms. The lowest BCUT2D eigenvalue weighted by molar-refractivity contribution is 0.0545. The Labute approximate surface area is 118 Å². The van der Waals surface area contributed by atoms with Crippen LogP contribution in [0.2, 0.25) is 0 Å². The topological polar surface area (TPSA) is 51.4 Å². The maximum Gasteiger partial charge on any atom is 0.244 e. The molecule has 0 N–H and O–H groups in total. The molecule has 0 amide bonds. The first-order valence-electron chi connectivity index (χ1n) is 6.89. The Morgan fingerprint density at radius 3 is 2.60 bits per heavy atom. The fraction of sp³-hybridized carbons (Fsp3) is 0.467. The molecular weight excluding hydrogens is 254 g/mol. The van der Waals surface area contributed by atoms with E-state index in [0.29, 0.717) is 11.7 Å². The number of likely N-dealkylation sites (tertiary alicyclic amines) is 1. The van der Waals surface area contributed by atoms with Gasteiger partial charge in [-0.1, -0.05) is 12.1 Å². The van der Waals surface area contributed by atoms with Crippen LogP contribution in [0.1, 0.15) is 25.8 Å². The van der Waals surface area contributed by atoms with Gasteiger partial charge in [0.1, 0.15) is 5.75 Å². The predicted molar refractivity (Wildman–Crippen MR) is 75.4 cm³/mol. The van der Waals surface area contributed by atoms with Crippen molar-refractivity contribution in [3.63, 3.8) is 0 Å². The Hall–Kier alpha value is -1.88. The van der Waals surface area contributed by atoms with Gasteiger partial charge in [0.05, 0.1) is 13.2 Å². The quantitative estimate of drug-likeness (QED) is 0.857. The molecule has 2 aromatic rings.